The van der Waals surface area contributed by atoms with Gasteiger partial charge in [0.1, 0.15) is 5.82 Å². The van der Waals surface area contributed by atoms with Gasteiger partial charge in [0.05, 0.1) is 21.9 Å². The number of rotatable bonds is 3. The molecule has 2 rings (SSSR count). The maximum absolute atomic E-state index is 13.2. The Morgan fingerprint density at radius 2 is 2.00 bits per heavy atom. The molecule has 1 heterocycles. The zero-order valence-electron chi connectivity index (χ0n) is 9.93. The fraction of sp³-hybridized carbons (Fsp3) is 0.100. The minimum atomic E-state index is -4.15. The van der Waals surface area contributed by atoms with Crippen molar-refractivity contribution in [3.05, 3.63) is 34.2 Å². The van der Waals surface area contributed by atoms with Gasteiger partial charge in [-0.25, -0.2) is 4.39 Å². The SMILES string of the molecule is Cn1ncc(Cl)c1S(=O)(=O)Nc1cc(F)cc(Cl)c1O. The highest BCUT2D eigenvalue weighted by molar-refractivity contribution is 7.92. The third kappa shape index (κ3) is 2.67. The van der Waals surface area contributed by atoms with Crippen molar-refractivity contribution in [3.63, 3.8) is 0 Å². The van der Waals surface area contributed by atoms with Crippen molar-refractivity contribution in [2.24, 2.45) is 7.05 Å². The Labute approximate surface area is 123 Å². The van der Waals surface area contributed by atoms with E-state index in [-0.39, 0.29) is 15.1 Å². The summed E-state index contributed by atoms with van der Waals surface area (Å²) in [7, 11) is -2.78. The Bertz CT molecular complexity index is 757. The summed E-state index contributed by atoms with van der Waals surface area (Å²) in [5.74, 6) is -1.39. The number of hydrogen-bond donors (Lipinski definition) is 2. The lowest BCUT2D eigenvalue weighted by Gasteiger charge is -2.11. The number of sulfonamides is 1. The molecule has 0 radical (unpaired) electrons. The standard InChI is InChI=1S/C10H8Cl2FN3O3S/c1-16-10(7(12)4-14-16)20(18,19)15-8-3-5(13)2-6(11)9(8)17/h2-4,15,17H,1H3. The van der Waals surface area contributed by atoms with E-state index in [9.17, 15) is 17.9 Å². The van der Waals surface area contributed by atoms with Crippen LogP contribution < -0.4 is 4.72 Å². The maximum Gasteiger partial charge on any atom is 0.280 e. The fourth-order valence-electron chi connectivity index (χ4n) is 1.54. The van der Waals surface area contributed by atoms with Crippen molar-refractivity contribution in [2.75, 3.05) is 4.72 Å². The second-order valence-electron chi connectivity index (χ2n) is 3.81. The fourth-order valence-corrected chi connectivity index (χ4v) is 3.46. The number of aryl methyl sites for hydroxylation is 1. The monoisotopic (exact) mass is 339 g/mol. The Morgan fingerprint density at radius 3 is 2.55 bits per heavy atom. The van der Waals surface area contributed by atoms with E-state index in [0.29, 0.717) is 0 Å². The van der Waals surface area contributed by atoms with Gasteiger partial charge in [-0.2, -0.15) is 13.5 Å². The topological polar surface area (TPSA) is 84.2 Å². The van der Waals surface area contributed by atoms with Gasteiger partial charge < -0.3 is 5.11 Å². The Balaban J connectivity index is 2.49. The number of phenolic OH excluding ortho intramolecular Hbond substituents is 1. The first kappa shape index (κ1) is 14.9. The van der Waals surface area contributed by atoms with E-state index < -0.39 is 27.3 Å². The summed E-state index contributed by atoms with van der Waals surface area (Å²) in [4.78, 5) is 0. The second kappa shape index (κ2) is 5.12. The summed E-state index contributed by atoms with van der Waals surface area (Å²) >= 11 is 11.3. The molecule has 108 valence electrons. The number of aromatic nitrogens is 2. The first-order chi connectivity index (χ1) is 9.22. The molecule has 0 unspecified atom stereocenters. The highest BCUT2D eigenvalue weighted by atomic mass is 35.5. The van der Waals surface area contributed by atoms with Crippen LogP contribution in [-0.4, -0.2) is 23.3 Å². The van der Waals surface area contributed by atoms with E-state index in [4.69, 9.17) is 23.2 Å². The minimum absolute atomic E-state index is 0.109. The first-order valence-corrected chi connectivity index (χ1v) is 7.34. The number of anilines is 1. The smallest absolute Gasteiger partial charge is 0.280 e. The lowest BCUT2D eigenvalue weighted by Crippen LogP contribution is -2.17. The molecule has 20 heavy (non-hydrogen) atoms. The van der Waals surface area contributed by atoms with Crippen LogP contribution in [0.3, 0.4) is 0 Å². The number of nitrogens with one attached hydrogen (secondary N) is 1. The molecule has 1 aromatic carbocycles. The van der Waals surface area contributed by atoms with Gasteiger partial charge in [0.2, 0.25) is 0 Å². The zero-order valence-corrected chi connectivity index (χ0v) is 12.3. The molecule has 0 bridgehead atoms. The summed E-state index contributed by atoms with van der Waals surface area (Å²) in [6, 6.07) is 1.65. The molecular weight excluding hydrogens is 332 g/mol. The molecule has 6 nitrogen and oxygen atoms in total. The van der Waals surface area contributed by atoms with Crippen LogP contribution in [0.15, 0.2) is 23.4 Å². The quantitative estimate of drug-likeness (QED) is 0.841. The Morgan fingerprint density at radius 1 is 1.35 bits per heavy atom. The van der Waals surface area contributed by atoms with Crippen molar-refractivity contribution in [1.82, 2.24) is 9.78 Å². The van der Waals surface area contributed by atoms with Gasteiger partial charge in [0.15, 0.2) is 10.8 Å². The van der Waals surface area contributed by atoms with Gasteiger partial charge in [-0.3, -0.25) is 9.40 Å². The molecular formula is C10H8Cl2FN3O3S. The van der Waals surface area contributed by atoms with Gasteiger partial charge in [-0.15, -0.1) is 0 Å². The molecule has 0 saturated carbocycles. The molecule has 0 aliphatic carbocycles. The van der Waals surface area contributed by atoms with Crippen LogP contribution in [0.25, 0.3) is 0 Å². The average molecular weight is 340 g/mol. The van der Waals surface area contributed by atoms with E-state index in [1.165, 1.54) is 7.05 Å². The highest BCUT2D eigenvalue weighted by Crippen LogP contribution is 2.34. The molecule has 0 aliphatic heterocycles. The highest BCUT2D eigenvalue weighted by Gasteiger charge is 2.24. The average Bonchev–Trinajstić information content (AvgIpc) is 2.65. The largest absolute Gasteiger partial charge is 0.504 e. The van der Waals surface area contributed by atoms with E-state index >= 15 is 0 Å². The van der Waals surface area contributed by atoms with Crippen molar-refractivity contribution < 1.29 is 17.9 Å². The van der Waals surface area contributed by atoms with Gasteiger partial charge >= 0.3 is 0 Å². The zero-order chi connectivity index (χ0) is 15.1. The van der Waals surface area contributed by atoms with E-state index in [0.717, 1.165) is 23.0 Å². The van der Waals surface area contributed by atoms with Gasteiger partial charge in [0, 0.05) is 13.1 Å². The summed E-state index contributed by atoms with van der Waals surface area (Å²) in [5, 5.41) is 12.6. The Hall–Kier alpha value is -1.51. The van der Waals surface area contributed by atoms with E-state index in [2.05, 4.69) is 5.10 Å². The van der Waals surface area contributed by atoms with Crippen LogP contribution >= 0.6 is 23.2 Å². The van der Waals surface area contributed by atoms with E-state index in [1.54, 1.807) is 0 Å². The van der Waals surface area contributed by atoms with Crippen LogP contribution in [0.5, 0.6) is 5.75 Å². The van der Waals surface area contributed by atoms with Gasteiger partial charge in [-0.05, 0) is 6.07 Å². The summed E-state index contributed by atoms with van der Waals surface area (Å²) < 4.78 is 40.5. The van der Waals surface area contributed by atoms with Crippen LogP contribution in [0.4, 0.5) is 10.1 Å². The van der Waals surface area contributed by atoms with Gasteiger partial charge in [0.25, 0.3) is 10.0 Å². The lowest BCUT2D eigenvalue weighted by atomic mass is 10.3. The molecule has 0 spiro atoms. The second-order valence-corrected chi connectivity index (χ2v) is 6.22. The molecule has 10 heteroatoms. The molecule has 0 aliphatic rings. The van der Waals surface area contributed by atoms with Crippen LogP contribution in [-0.2, 0) is 17.1 Å². The molecule has 0 amide bonds. The lowest BCUT2D eigenvalue weighted by molar-refractivity contribution is 0.476. The summed E-state index contributed by atoms with van der Waals surface area (Å²) in [5.41, 5.74) is -0.396. The number of phenols is 1. The molecule has 2 N–H and O–H groups in total. The number of hydrogen-bond acceptors (Lipinski definition) is 4. The van der Waals surface area contributed by atoms with Gasteiger partial charge in [-0.1, -0.05) is 23.2 Å². The number of nitrogens with zero attached hydrogens (tertiary/aromatic N) is 2. The normalized spacial score (nSPS) is 11.6. The predicted octanol–water partition coefficient (Wildman–Crippen LogP) is 2.37. The number of halogens is 3. The van der Waals surface area contributed by atoms with Crippen molar-refractivity contribution in [3.8, 4) is 5.75 Å². The van der Waals surface area contributed by atoms with Crippen molar-refractivity contribution in [2.45, 2.75) is 5.03 Å². The number of aromatic hydroxyl groups is 1. The summed E-state index contributed by atoms with van der Waals surface area (Å²) in [6.07, 6.45) is 1.15. The molecule has 1 aromatic heterocycles. The molecule has 0 atom stereocenters. The Kier molecular flexibility index (Phi) is 3.81. The number of benzene rings is 1. The molecule has 0 saturated heterocycles. The third-order valence-corrected chi connectivity index (χ3v) is 4.53. The van der Waals surface area contributed by atoms with Crippen molar-refractivity contribution >= 4 is 38.9 Å². The first-order valence-electron chi connectivity index (χ1n) is 5.10. The summed E-state index contributed by atoms with van der Waals surface area (Å²) in [6.45, 7) is 0. The predicted molar refractivity (Wildman–Crippen MR) is 72.1 cm³/mol. The van der Waals surface area contributed by atoms with Crippen LogP contribution in [0, 0.1) is 5.82 Å². The third-order valence-electron chi connectivity index (χ3n) is 2.37. The maximum atomic E-state index is 13.2. The minimum Gasteiger partial charge on any atom is -0.504 e. The van der Waals surface area contributed by atoms with Crippen LogP contribution in [0.2, 0.25) is 10.0 Å². The molecule has 2 aromatic rings. The van der Waals surface area contributed by atoms with Crippen LogP contribution in [0.1, 0.15) is 0 Å². The van der Waals surface area contributed by atoms with E-state index in [1.807, 2.05) is 4.72 Å². The molecule has 0 fully saturated rings. The van der Waals surface area contributed by atoms with Crippen molar-refractivity contribution in [1.29, 1.82) is 0 Å².